The Bertz CT molecular complexity index is 167. The van der Waals surface area contributed by atoms with E-state index in [1.807, 2.05) is 0 Å². The van der Waals surface area contributed by atoms with E-state index in [1.165, 1.54) is 0 Å². The first kappa shape index (κ1) is 13.4. The molecule has 3 nitrogen and oxygen atoms in total. The molecule has 3 heteroatoms. The lowest BCUT2D eigenvalue weighted by atomic mass is 10.0. The molecular weight excluding hydrogens is 178 g/mol. The van der Waals surface area contributed by atoms with Gasteiger partial charge in [0.25, 0.3) is 0 Å². The van der Waals surface area contributed by atoms with Crippen molar-refractivity contribution in [3.8, 4) is 0 Å². The second-order valence-electron chi connectivity index (χ2n) is 4.21. The van der Waals surface area contributed by atoms with Gasteiger partial charge in [-0.2, -0.15) is 0 Å². The maximum absolute atomic E-state index is 11.4. The smallest absolute Gasteiger partial charge is 0.220 e. The van der Waals surface area contributed by atoms with Crippen molar-refractivity contribution in [2.75, 3.05) is 0 Å². The van der Waals surface area contributed by atoms with Crippen LogP contribution in [0.3, 0.4) is 0 Å². The number of rotatable bonds is 6. The normalized spacial score (nSPS) is 15.3. The number of hydrogen-bond donors (Lipinski definition) is 2. The Hall–Kier alpha value is -0.570. The fourth-order valence-electron chi connectivity index (χ4n) is 1.36. The van der Waals surface area contributed by atoms with Gasteiger partial charge < -0.3 is 10.4 Å². The third-order valence-corrected chi connectivity index (χ3v) is 2.38. The third kappa shape index (κ3) is 5.97. The maximum atomic E-state index is 11.4. The lowest BCUT2D eigenvalue weighted by Crippen LogP contribution is -2.38. The number of aliphatic hydroxyl groups excluding tert-OH is 1. The Kier molecular flexibility index (Phi) is 6.54. The number of aliphatic hydroxyl groups is 1. The van der Waals surface area contributed by atoms with Crippen molar-refractivity contribution >= 4 is 5.91 Å². The van der Waals surface area contributed by atoms with Gasteiger partial charge in [0.2, 0.25) is 5.91 Å². The molecule has 0 bridgehead atoms. The van der Waals surface area contributed by atoms with Gasteiger partial charge in [-0.1, -0.05) is 20.8 Å². The van der Waals surface area contributed by atoms with E-state index in [0.29, 0.717) is 18.8 Å². The van der Waals surface area contributed by atoms with Crippen LogP contribution in [0.2, 0.25) is 0 Å². The molecule has 2 N–H and O–H groups in total. The van der Waals surface area contributed by atoms with Crippen LogP contribution in [-0.4, -0.2) is 23.2 Å². The van der Waals surface area contributed by atoms with E-state index in [4.69, 9.17) is 5.11 Å². The molecule has 0 spiro atoms. The van der Waals surface area contributed by atoms with Crippen molar-refractivity contribution in [3.63, 3.8) is 0 Å². The van der Waals surface area contributed by atoms with E-state index in [-0.39, 0.29) is 18.1 Å². The first-order valence-electron chi connectivity index (χ1n) is 5.44. The summed E-state index contributed by atoms with van der Waals surface area (Å²) in [6.45, 7) is 7.97. The van der Waals surface area contributed by atoms with E-state index in [0.717, 1.165) is 6.42 Å². The maximum Gasteiger partial charge on any atom is 0.220 e. The highest BCUT2D eigenvalue weighted by atomic mass is 16.3. The molecule has 0 aliphatic heterocycles. The Morgan fingerprint density at radius 2 is 1.93 bits per heavy atom. The van der Waals surface area contributed by atoms with Crippen LogP contribution in [0.4, 0.5) is 0 Å². The van der Waals surface area contributed by atoms with Gasteiger partial charge in [0.1, 0.15) is 0 Å². The molecule has 0 saturated carbocycles. The predicted octanol–water partition coefficient (Wildman–Crippen LogP) is 1.70. The van der Waals surface area contributed by atoms with Crippen LogP contribution in [0.5, 0.6) is 0 Å². The van der Waals surface area contributed by atoms with Crippen molar-refractivity contribution in [1.29, 1.82) is 0 Å². The molecule has 0 aliphatic carbocycles. The first-order chi connectivity index (χ1) is 6.47. The Morgan fingerprint density at radius 1 is 1.36 bits per heavy atom. The minimum absolute atomic E-state index is 0.0476. The summed E-state index contributed by atoms with van der Waals surface area (Å²) in [5.74, 6) is 0.516. The summed E-state index contributed by atoms with van der Waals surface area (Å²) in [6, 6.07) is 0.261. The molecule has 0 aliphatic rings. The number of carbonyl (C=O) groups excluding carboxylic acids is 1. The molecule has 0 radical (unpaired) electrons. The summed E-state index contributed by atoms with van der Waals surface area (Å²) in [6.07, 6.45) is 1.53. The largest absolute Gasteiger partial charge is 0.393 e. The van der Waals surface area contributed by atoms with E-state index in [2.05, 4.69) is 26.1 Å². The minimum Gasteiger partial charge on any atom is -0.393 e. The number of amides is 1. The van der Waals surface area contributed by atoms with E-state index < -0.39 is 0 Å². The standard InChI is InChI=1S/C11H23NO2/c1-5-10(8(2)3)12-11(14)7-6-9(4)13/h8-10,13H,5-7H2,1-4H3,(H,12,14). The number of nitrogens with one attached hydrogen (secondary N) is 1. The van der Waals surface area contributed by atoms with E-state index in [9.17, 15) is 4.79 Å². The molecule has 0 aromatic heterocycles. The summed E-state index contributed by atoms with van der Waals surface area (Å²) in [4.78, 5) is 11.4. The topological polar surface area (TPSA) is 49.3 Å². The molecule has 1 amide bonds. The summed E-state index contributed by atoms with van der Waals surface area (Å²) >= 11 is 0. The fourth-order valence-corrected chi connectivity index (χ4v) is 1.36. The van der Waals surface area contributed by atoms with Crippen molar-refractivity contribution in [2.24, 2.45) is 5.92 Å². The zero-order valence-corrected chi connectivity index (χ0v) is 9.71. The highest BCUT2D eigenvalue weighted by Crippen LogP contribution is 2.06. The van der Waals surface area contributed by atoms with Crippen LogP contribution in [-0.2, 0) is 4.79 Å². The third-order valence-electron chi connectivity index (χ3n) is 2.38. The van der Waals surface area contributed by atoms with Crippen molar-refractivity contribution in [2.45, 2.75) is 59.1 Å². The lowest BCUT2D eigenvalue weighted by molar-refractivity contribution is -0.122. The second-order valence-corrected chi connectivity index (χ2v) is 4.21. The molecule has 0 aromatic rings. The van der Waals surface area contributed by atoms with E-state index in [1.54, 1.807) is 6.92 Å². The predicted molar refractivity (Wildman–Crippen MR) is 58.0 cm³/mol. The fraction of sp³-hybridized carbons (Fsp3) is 0.909. The molecule has 2 unspecified atom stereocenters. The van der Waals surface area contributed by atoms with Crippen molar-refractivity contribution in [1.82, 2.24) is 5.32 Å². The molecule has 0 rings (SSSR count). The monoisotopic (exact) mass is 201 g/mol. The average molecular weight is 201 g/mol. The Labute approximate surface area is 86.9 Å². The zero-order valence-electron chi connectivity index (χ0n) is 9.71. The SMILES string of the molecule is CCC(NC(=O)CCC(C)O)C(C)C. The van der Waals surface area contributed by atoms with Crippen LogP contribution in [0.25, 0.3) is 0 Å². The van der Waals surface area contributed by atoms with Crippen LogP contribution in [0, 0.1) is 5.92 Å². The van der Waals surface area contributed by atoms with E-state index >= 15 is 0 Å². The summed E-state index contributed by atoms with van der Waals surface area (Å²) in [5, 5.41) is 12.0. The molecular formula is C11H23NO2. The zero-order chi connectivity index (χ0) is 11.1. The molecule has 14 heavy (non-hydrogen) atoms. The Balaban J connectivity index is 3.79. The molecule has 0 heterocycles. The second kappa shape index (κ2) is 6.82. The van der Waals surface area contributed by atoms with Gasteiger partial charge in [-0.25, -0.2) is 0 Å². The summed E-state index contributed by atoms with van der Waals surface area (Å²) in [7, 11) is 0. The molecule has 2 atom stereocenters. The lowest BCUT2D eigenvalue weighted by Gasteiger charge is -2.20. The first-order valence-corrected chi connectivity index (χ1v) is 5.44. The molecule has 0 fully saturated rings. The molecule has 0 saturated heterocycles. The van der Waals surface area contributed by atoms with Crippen LogP contribution < -0.4 is 5.32 Å². The molecule has 84 valence electrons. The molecule has 0 aromatic carbocycles. The van der Waals surface area contributed by atoms with Gasteiger partial charge in [-0.05, 0) is 25.7 Å². The van der Waals surface area contributed by atoms with Gasteiger partial charge in [0.15, 0.2) is 0 Å². The quantitative estimate of drug-likeness (QED) is 0.687. The van der Waals surface area contributed by atoms with Gasteiger partial charge in [0.05, 0.1) is 6.10 Å². The number of carbonyl (C=O) groups is 1. The van der Waals surface area contributed by atoms with Crippen LogP contribution in [0.1, 0.15) is 47.0 Å². The van der Waals surface area contributed by atoms with Crippen molar-refractivity contribution in [3.05, 3.63) is 0 Å². The Morgan fingerprint density at radius 3 is 2.29 bits per heavy atom. The highest BCUT2D eigenvalue weighted by molar-refractivity contribution is 5.76. The minimum atomic E-state index is -0.389. The summed E-state index contributed by atoms with van der Waals surface area (Å²) < 4.78 is 0. The van der Waals surface area contributed by atoms with Gasteiger partial charge in [-0.3, -0.25) is 4.79 Å². The highest BCUT2D eigenvalue weighted by Gasteiger charge is 2.13. The van der Waals surface area contributed by atoms with Crippen LogP contribution in [0.15, 0.2) is 0 Å². The number of hydrogen-bond acceptors (Lipinski definition) is 2. The van der Waals surface area contributed by atoms with Gasteiger partial charge in [0, 0.05) is 12.5 Å². The average Bonchev–Trinajstić information content (AvgIpc) is 2.10. The van der Waals surface area contributed by atoms with Gasteiger partial charge >= 0.3 is 0 Å². The van der Waals surface area contributed by atoms with Crippen LogP contribution >= 0.6 is 0 Å². The van der Waals surface area contributed by atoms with Gasteiger partial charge in [-0.15, -0.1) is 0 Å². The summed E-state index contributed by atoms with van der Waals surface area (Å²) in [5.41, 5.74) is 0. The van der Waals surface area contributed by atoms with Crippen molar-refractivity contribution < 1.29 is 9.90 Å².